The predicted molar refractivity (Wildman–Crippen MR) is 115 cm³/mol. The third-order valence-electron chi connectivity index (χ3n) is 4.43. The molecule has 152 valence electrons. The Morgan fingerprint density at radius 1 is 1.03 bits per heavy atom. The number of hydrogen-bond donors (Lipinski definition) is 2. The number of carbonyl (C=O) groups is 2. The first-order valence-electron chi connectivity index (χ1n) is 9.63. The molecule has 0 fully saturated rings. The van der Waals surface area contributed by atoms with E-state index in [9.17, 15) is 9.59 Å². The standard InChI is InChI=1S/C22H25N3O3S/c1-15-11-12-16(2)18(13-15)28-14-21(27)25-24-20(26)9-5-6-10-22-23-17-7-3-4-8-19(17)29-22/h3-4,7-8,11-13H,5-6,9-10,14H2,1-2H3,(H,24,26)(H,25,27). The van der Waals surface area contributed by atoms with Gasteiger partial charge in [0.1, 0.15) is 5.75 Å². The molecule has 0 aliphatic carbocycles. The maximum Gasteiger partial charge on any atom is 0.276 e. The molecule has 29 heavy (non-hydrogen) atoms. The fourth-order valence-corrected chi connectivity index (χ4v) is 3.84. The van der Waals surface area contributed by atoms with Gasteiger partial charge in [0.15, 0.2) is 6.61 Å². The second kappa shape index (κ2) is 10.0. The molecule has 0 spiro atoms. The average Bonchev–Trinajstić information content (AvgIpc) is 3.13. The van der Waals surface area contributed by atoms with E-state index in [1.54, 1.807) is 11.3 Å². The minimum Gasteiger partial charge on any atom is -0.483 e. The molecule has 2 N–H and O–H groups in total. The summed E-state index contributed by atoms with van der Waals surface area (Å²) >= 11 is 1.69. The number of nitrogens with zero attached hydrogens (tertiary/aromatic N) is 1. The fourth-order valence-electron chi connectivity index (χ4n) is 2.83. The van der Waals surface area contributed by atoms with Crippen LogP contribution in [0.1, 0.15) is 35.4 Å². The topological polar surface area (TPSA) is 80.3 Å². The molecule has 0 atom stereocenters. The van der Waals surface area contributed by atoms with E-state index in [1.165, 1.54) is 4.70 Å². The SMILES string of the molecule is Cc1ccc(C)c(OCC(=O)NNC(=O)CCCCc2nc3ccccc3s2)c1. The Balaban J connectivity index is 1.31. The molecule has 0 bridgehead atoms. The van der Waals surface area contributed by atoms with Crippen molar-refractivity contribution in [2.45, 2.75) is 39.5 Å². The normalized spacial score (nSPS) is 10.7. The molecule has 3 aromatic rings. The van der Waals surface area contributed by atoms with Gasteiger partial charge in [-0.15, -0.1) is 11.3 Å². The maximum atomic E-state index is 11.9. The van der Waals surface area contributed by atoms with E-state index in [0.717, 1.165) is 40.9 Å². The molecule has 0 aliphatic heterocycles. The van der Waals surface area contributed by atoms with Crippen LogP contribution in [0.25, 0.3) is 10.2 Å². The monoisotopic (exact) mass is 411 g/mol. The summed E-state index contributed by atoms with van der Waals surface area (Å²) < 4.78 is 6.70. The van der Waals surface area contributed by atoms with Gasteiger partial charge >= 0.3 is 0 Å². The average molecular weight is 412 g/mol. The zero-order valence-electron chi connectivity index (χ0n) is 16.7. The lowest BCUT2D eigenvalue weighted by Crippen LogP contribution is -2.43. The highest BCUT2D eigenvalue weighted by atomic mass is 32.1. The molecule has 6 nitrogen and oxygen atoms in total. The van der Waals surface area contributed by atoms with E-state index >= 15 is 0 Å². The first kappa shape index (κ1) is 20.8. The van der Waals surface area contributed by atoms with Crippen molar-refractivity contribution in [3.63, 3.8) is 0 Å². The van der Waals surface area contributed by atoms with Crippen LogP contribution in [0, 0.1) is 13.8 Å². The summed E-state index contributed by atoms with van der Waals surface area (Å²) in [6, 6.07) is 13.9. The summed E-state index contributed by atoms with van der Waals surface area (Å²) in [5, 5.41) is 1.09. The van der Waals surface area contributed by atoms with Crippen molar-refractivity contribution in [1.82, 2.24) is 15.8 Å². The number of ether oxygens (including phenoxy) is 1. The molecule has 2 aromatic carbocycles. The number of thiazole rings is 1. The lowest BCUT2D eigenvalue weighted by atomic mass is 10.1. The van der Waals surface area contributed by atoms with Crippen LogP contribution in [0.15, 0.2) is 42.5 Å². The van der Waals surface area contributed by atoms with Crippen molar-refractivity contribution < 1.29 is 14.3 Å². The molecule has 0 radical (unpaired) electrons. The molecule has 1 aromatic heterocycles. The predicted octanol–water partition coefficient (Wildman–Crippen LogP) is 3.85. The third-order valence-corrected chi connectivity index (χ3v) is 5.52. The van der Waals surface area contributed by atoms with Gasteiger partial charge in [0.2, 0.25) is 5.91 Å². The van der Waals surface area contributed by atoms with Crippen LogP contribution in [0.3, 0.4) is 0 Å². The first-order chi connectivity index (χ1) is 14.0. The van der Waals surface area contributed by atoms with E-state index in [2.05, 4.69) is 21.9 Å². The first-order valence-corrected chi connectivity index (χ1v) is 10.4. The van der Waals surface area contributed by atoms with Gasteiger partial charge in [-0.2, -0.15) is 0 Å². The van der Waals surface area contributed by atoms with E-state index < -0.39 is 5.91 Å². The molecule has 1 heterocycles. The number of carbonyl (C=O) groups excluding carboxylic acids is 2. The number of hydrazine groups is 1. The summed E-state index contributed by atoms with van der Waals surface area (Å²) in [5.74, 6) is 0.0597. The lowest BCUT2D eigenvalue weighted by molar-refractivity contribution is -0.130. The van der Waals surface area contributed by atoms with Crippen LogP contribution in [-0.2, 0) is 16.0 Å². The van der Waals surface area contributed by atoms with E-state index in [-0.39, 0.29) is 12.5 Å². The van der Waals surface area contributed by atoms with E-state index in [0.29, 0.717) is 12.2 Å². The highest BCUT2D eigenvalue weighted by Gasteiger charge is 2.08. The van der Waals surface area contributed by atoms with E-state index in [4.69, 9.17) is 4.74 Å². The minimum absolute atomic E-state index is 0.151. The van der Waals surface area contributed by atoms with Crippen LogP contribution in [-0.4, -0.2) is 23.4 Å². The Bertz CT molecular complexity index is 967. The zero-order chi connectivity index (χ0) is 20.6. The number of para-hydroxylation sites is 1. The number of amides is 2. The number of rotatable bonds is 8. The Labute approximate surface area is 174 Å². The van der Waals surface area contributed by atoms with Gasteiger partial charge in [0, 0.05) is 6.42 Å². The molecular weight excluding hydrogens is 386 g/mol. The summed E-state index contributed by atoms with van der Waals surface area (Å²) in [7, 11) is 0. The van der Waals surface area contributed by atoms with Crippen molar-refractivity contribution in [1.29, 1.82) is 0 Å². The Kier molecular flexibility index (Phi) is 7.19. The molecule has 7 heteroatoms. The van der Waals surface area contributed by atoms with Gasteiger partial charge in [-0.1, -0.05) is 24.3 Å². The van der Waals surface area contributed by atoms with Crippen LogP contribution in [0.4, 0.5) is 0 Å². The fraction of sp³-hybridized carbons (Fsp3) is 0.318. The number of aromatic nitrogens is 1. The van der Waals surface area contributed by atoms with Gasteiger partial charge < -0.3 is 4.74 Å². The summed E-state index contributed by atoms with van der Waals surface area (Å²) in [6.07, 6.45) is 2.80. The Morgan fingerprint density at radius 3 is 2.66 bits per heavy atom. The molecule has 0 saturated heterocycles. The highest BCUT2D eigenvalue weighted by Crippen LogP contribution is 2.23. The number of aryl methyl sites for hydroxylation is 3. The van der Waals surface area contributed by atoms with Gasteiger partial charge in [-0.05, 0) is 62.4 Å². The maximum absolute atomic E-state index is 11.9. The van der Waals surface area contributed by atoms with Gasteiger partial charge in [0.25, 0.3) is 5.91 Å². The molecule has 0 aliphatic rings. The van der Waals surface area contributed by atoms with Gasteiger partial charge in [0.05, 0.1) is 15.2 Å². The van der Waals surface area contributed by atoms with Gasteiger partial charge in [-0.3, -0.25) is 20.4 Å². The summed E-state index contributed by atoms with van der Waals surface area (Å²) in [5.41, 5.74) is 7.87. The smallest absolute Gasteiger partial charge is 0.276 e. The quantitative estimate of drug-likeness (QED) is 0.436. The number of nitrogens with one attached hydrogen (secondary N) is 2. The molecule has 0 unspecified atom stereocenters. The highest BCUT2D eigenvalue weighted by molar-refractivity contribution is 7.18. The Hall–Kier alpha value is -2.93. The molecule has 0 saturated carbocycles. The second-order valence-electron chi connectivity index (χ2n) is 6.94. The molecule has 2 amide bonds. The molecule has 3 rings (SSSR count). The largest absolute Gasteiger partial charge is 0.483 e. The number of hydrogen-bond acceptors (Lipinski definition) is 5. The summed E-state index contributed by atoms with van der Waals surface area (Å²) in [4.78, 5) is 28.3. The van der Waals surface area contributed by atoms with Gasteiger partial charge in [-0.25, -0.2) is 4.98 Å². The number of benzene rings is 2. The number of fused-ring (bicyclic) bond motifs is 1. The number of unbranched alkanes of at least 4 members (excludes halogenated alkanes) is 1. The Morgan fingerprint density at radius 2 is 1.83 bits per heavy atom. The molecular formula is C22H25N3O3S. The second-order valence-corrected chi connectivity index (χ2v) is 8.05. The van der Waals surface area contributed by atoms with Crippen LogP contribution in [0.2, 0.25) is 0 Å². The summed E-state index contributed by atoms with van der Waals surface area (Å²) in [6.45, 7) is 3.73. The van der Waals surface area contributed by atoms with Crippen molar-refractivity contribution in [3.05, 3.63) is 58.6 Å². The van der Waals surface area contributed by atoms with Crippen LogP contribution >= 0.6 is 11.3 Å². The van der Waals surface area contributed by atoms with Crippen molar-refractivity contribution in [2.75, 3.05) is 6.61 Å². The van der Waals surface area contributed by atoms with Crippen molar-refractivity contribution in [2.24, 2.45) is 0 Å². The minimum atomic E-state index is -0.395. The lowest BCUT2D eigenvalue weighted by Gasteiger charge is -2.11. The van der Waals surface area contributed by atoms with Crippen molar-refractivity contribution >= 4 is 33.4 Å². The van der Waals surface area contributed by atoms with Crippen LogP contribution < -0.4 is 15.6 Å². The van der Waals surface area contributed by atoms with E-state index in [1.807, 2.05) is 50.2 Å². The third kappa shape index (κ3) is 6.29. The zero-order valence-corrected chi connectivity index (χ0v) is 17.5. The van der Waals surface area contributed by atoms with Crippen LogP contribution in [0.5, 0.6) is 5.75 Å². The van der Waals surface area contributed by atoms with Crippen molar-refractivity contribution in [3.8, 4) is 5.75 Å².